The van der Waals surface area contributed by atoms with Gasteiger partial charge >= 0.3 is 0 Å². The molecule has 8 nitrogen and oxygen atoms in total. The number of nitrogens with one attached hydrogen (secondary N) is 2. The van der Waals surface area contributed by atoms with E-state index in [1.165, 1.54) is 38.5 Å². The predicted octanol–water partition coefficient (Wildman–Crippen LogP) is 1.84. The van der Waals surface area contributed by atoms with Gasteiger partial charge in [0.25, 0.3) is 15.9 Å². The van der Waals surface area contributed by atoms with Crippen molar-refractivity contribution in [3.63, 3.8) is 0 Å². The van der Waals surface area contributed by atoms with E-state index >= 15 is 0 Å². The first-order valence-electron chi connectivity index (χ1n) is 7.24. The molecule has 1 aliphatic heterocycles. The van der Waals surface area contributed by atoms with Gasteiger partial charge < -0.3 is 19.5 Å². The number of fused-ring (bicyclic) bond motifs is 1. The highest BCUT2D eigenvalue weighted by molar-refractivity contribution is 7.92. The molecule has 0 atom stereocenters. The maximum Gasteiger partial charge on any atom is 0.265 e. The highest BCUT2D eigenvalue weighted by Crippen LogP contribution is 2.33. The summed E-state index contributed by atoms with van der Waals surface area (Å²) in [4.78, 5) is 11.2. The number of sulfonamides is 1. The van der Waals surface area contributed by atoms with Crippen LogP contribution in [0.15, 0.2) is 41.3 Å². The summed E-state index contributed by atoms with van der Waals surface area (Å²) in [5, 5.41) is 2.64. The number of carbonyl (C=O) groups excluding carboxylic acids is 1. The van der Waals surface area contributed by atoms with Crippen molar-refractivity contribution < 1.29 is 27.4 Å². The van der Waals surface area contributed by atoms with Gasteiger partial charge in [-0.1, -0.05) is 0 Å². The molecule has 9 heteroatoms. The molecule has 1 heterocycles. The zero-order valence-corrected chi connectivity index (χ0v) is 14.3. The predicted molar refractivity (Wildman–Crippen MR) is 90.9 cm³/mol. The fourth-order valence-electron chi connectivity index (χ4n) is 2.34. The second-order valence-electron chi connectivity index (χ2n) is 5.17. The SMILES string of the molecule is COc1ccc(OC)c(S(=O)(=O)Nc2ccc3c(c2)OCC(=O)N3)c1. The molecule has 0 unspecified atom stereocenters. The number of anilines is 2. The molecule has 0 radical (unpaired) electrons. The Balaban J connectivity index is 1.93. The van der Waals surface area contributed by atoms with Crippen LogP contribution in [0.25, 0.3) is 0 Å². The van der Waals surface area contributed by atoms with Crippen molar-refractivity contribution in [2.24, 2.45) is 0 Å². The lowest BCUT2D eigenvalue weighted by Crippen LogP contribution is -2.25. The molecule has 1 aliphatic rings. The highest BCUT2D eigenvalue weighted by atomic mass is 32.2. The van der Waals surface area contributed by atoms with Gasteiger partial charge in [-0.3, -0.25) is 9.52 Å². The van der Waals surface area contributed by atoms with Gasteiger partial charge in [0.1, 0.15) is 22.1 Å². The van der Waals surface area contributed by atoms with Crippen molar-refractivity contribution in [1.82, 2.24) is 0 Å². The minimum absolute atomic E-state index is 0.0544. The molecule has 2 N–H and O–H groups in total. The molecular weight excluding hydrogens is 348 g/mol. The lowest BCUT2D eigenvalue weighted by atomic mass is 10.2. The Kier molecular flexibility index (Phi) is 4.41. The van der Waals surface area contributed by atoms with Crippen LogP contribution in [0.4, 0.5) is 11.4 Å². The van der Waals surface area contributed by atoms with Gasteiger partial charge in [0.15, 0.2) is 6.61 Å². The van der Waals surface area contributed by atoms with Crippen LogP contribution in [-0.4, -0.2) is 35.2 Å². The van der Waals surface area contributed by atoms with Crippen molar-refractivity contribution >= 4 is 27.3 Å². The molecule has 0 saturated carbocycles. The Bertz CT molecular complexity index is 926. The van der Waals surface area contributed by atoms with Gasteiger partial charge in [-0.15, -0.1) is 0 Å². The van der Waals surface area contributed by atoms with Crippen LogP contribution in [0.3, 0.4) is 0 Å². The smallest absolute Gasteiger partial charge is 0.265 e. The molecule has 0 aromatic heterocycles. The van der Waals surface area contributed by atoms with E-state index in [1.807, 2.05) is 0 Å². The third kappa shape index (κ3) is 3.45. The molecule has 0 aliphatic carbocycles. The van der Waals surface area contributed by atoms with Gasteiger partial charge in [0, 0.05) is 12.1 Å². The van der Waals surface area contributed by atoms with Gasteiger partial charge in [0.05, 0.1) is 25.6 Å². The Morgan fingerprint density at radius 1 is 1.12 bits per heavy atom. The second-order valence-corrected chi connectivity index (χ2v) is 6.82. The summed E-state index contributed by atoms with van der Waals surface area (Å²) < 4.78 is 43.4. The van der Waals surface area contributed by atoms with E-state index in [1.54, 1.807) is 12.1 Å². The van der Waals surface area contributed by atoms with E-state index in [2.05, 4.69) is 10.0 Å². The van der Waals surface area contributed by atoms with Crippen molar-refractivity contribution in [3.8, 4) is 17.2 Å². The monoisotopic (exact) mass is 364 g/mol. The molecule has 25 heavy (non-hydrogen) atoms. The molecule has 0 spiro atoms. The standard InChI is InChI=1S/C16H16N2O6S/c1-22-11-4-6-13(23-2)15(8-11)25(20,21)18-10-3-5-12-14(7-10)24-9-16(19)17-12/h3-8,18H,9H2,1-2H3,(H,17,19). The van der Waals surface area contributed by atoms with Gasteiger partial charge in [0.2, 0.25) is 0 Å². The number of carbonyl (C=O) groups is 1. The van der Waals surface area contributed by atoms with Crippen LogP contribution in [0.2, 0.25) is 0 Å². The van der Waals surface area contributed by atoms with Crippen molar-refractivity contribution in [1.29, 1.82) is 0 Å². The average molecular weight is 364 g/mol. The highest BCUT2D eigenvalue weighted by Gasteiger charge is 2.22. The summed E-state index contributed by atoms with van der Waals surface area (Å²) in [6.45, 7) is -0.118. The number of hydrogen-bond donors (Lipinski definition) is 2. The zero-order valence-electron chi connectivity index (χ0n) is 13.5. The molecule has 0 fully saturated rings. The largest absolute Gasteiger partial charge is 0.497 e. The summed E-state index contributed by atoms with van der Waals surface area (Å²) in [5.74, 6) is 0.701. The fourth-order valence-corrected chi connectivity index (χ4v) is 3.58. The number of rotatable bonds is 5. The van der Waals surface area contributed by atoms with Crippen LogP contribution in [0, 0.1) is 0 Å². The Morgan fingerprint density at radius 2 is 1.92 bits per heavy atom. The lowest BCUT2D eigenvalue weighted by Gasteiger charge is -2.19. The summed E-state index contributed by atoms with van der Waals surface area (Å²) in [7, 11) is -1.09. The molecule has 0 saturated heterocycles. The number of amides is 1. The molecule has 3 rings (SSSR count). The maximum absolute atomic E-state index is 12.7. The van der Waals surface area contributed by atoms with Crippen molar-refractivity contribution in [2.75, 3.05) is 30.9 Å². The summed E-state index contributed by atoms with van der Waals surface area (Å²) in [5.41, 5.74) is 0.776. The van der Waals surface area contributed by atoms with Crippen molar-refractivity contribution in [2.45, 2.75) is 4.90 Å². The van der Waals surface area contributed by atoms with Gasteiger partial charge in [-0.05, 0) is 24.3 Å². The summed E-state index contributed by atoms with van der Waals surface area (Å²) in [6.07, 6.45) is 0. The minimum Gasteiger partial charge on any atom is -0.497 e. The first kappa shape index (κ1) is 16.9. The summed E-state index contributed by atoms with van der Waals surface area (Å²) >= 11 is 0. The van der Waals surface area contributed by atoms with E-state index < -0.39 is 10.0 Å². The van der Waals surface area contributed by atoms with Crippen LogP contribution >= 0.6 is 0 Å². The van der Waals surface area contributed by atoms with E-state index in [4.69, 9.17) is 14.2 Å². The van der Waals surface area contributed by atoms with Gasteiger partial charge in [-0.25, -0.2) is 8.42 Å². The van der Waals surface area contributed by atoms with E-state index in [-0.39, 0.29) is 23.2 Å². The van der Waals surface area contributed by atoms with Crippen LogP contribution in [-0.2, 0) is 14.8 Å². The maximum atomic E-state index is 12.7. The third-order valence-corrected chi connectivity index (χ3v) is 4.93. The topological polar surface area (TPSA) is 103 Å². The lowest BCUT2D eigenvalue weighted by molar-refractivity contribution is -0.118. The molecule has 132 valence electrons. The number of benzene rings is 2. The van der Waals surface area contributed by atoms with E-state index in [0.717, 1.165) is 0 Å². The zero-order chi connectivity index (χ0) is 18.0. The van der Waals surface area contributed by atoms with Crippen LogP contribution in [0.5, 0.6) is 17.2 Å². The Morgan fingerprint density at radius 3 is 2.64 bits per heavy atom. The minimum atomic E-state index is -3.92. The Hall–Kier alpha value is -2.94. The quantitative estimate of drug-likeness (QED) is 0.839. The van der Waals surface area contributed by atoms with Crippen LogP contribution in [0.1, 0.15) is 0 Å². The molecule has 2 aromatic carbocycles. The number of ether oxygens (including phenoxy) is 3. The first-order valence-corrected chi connectivity index (χ1v) is 8.73. The number of methoxy groups -OCH3 is 2. The first-order chi connectivity index (χ1) is 11.9. The Labute approximate surface area is 144 Å². The summed E-state index contributed by atoms with van der Waals surface area (Å²) in [6, 6.07) is 9.08. The van der Waals surface area contributed by atoms with E-state index in [9.17, 15) is 13.2 Å². The van der Waals surface area contributed by atoms with E-state index in [0.29, 0.717) is 22.9 Å². The third-order valence-electron chi connectivity index (χ3n) is 3.53. The molecule has 0 bridgehead atoms. The molecule has 2 aromatic rings. The van der Waals surface area contributed by atoms with Crippen molar-refractivity contribution in [3.05, 3.63) is 36.4 Å². The normalized spacial score (nSPS) is 13.3. The average Bonchev–Trinajstić information content (AvgIpc) is 2.61. The van der Waals surface area contributed by atoms with Gasteiger partial charge in [-0.2, -0.15) is 0 Å². The fraction of sp³-hybridized carbons (Fsp3) is 0.188. The number of hydrogen-bond acceptors (Lipinski definition) is 6. The van der Waals surface area contributed by atoms with Crippen LogP contribution < -0.4 is 24.2 Å². The molecular formula is C16H16N2O6S. The second kappa shape index (κ2) is 6.52. The molecule has 1 amide bonds.